The predicted octanol–water partition coefficient (Wildman–Crippen LogP) is 1.76. The van der Waals surface area contributed by atoms with E-state index >= 15 is 0 Å². The minimum atomic E-state index is -1.21. The van der Waals surface area contributed by atoms with Gasteiger partial charge < -0.3 is 14.9 Å². The average molecular weight is 296 g/mol. The Balaban J connectivity index is 2.99. The monoisotopic (exact) mass is 296 g/mol. The highest BCUT2D eigenvalue weighted by atomic mass is 16.5. The normalized spacial score (nSPS) is 14.0. The molecule has 0 aliphatic carbocycles. The summed E-state index contributed by atoms with van der Waals surface area (Å²) in [6, 6.07) is 4.79. The summed E-state index contributed by atoms with van der Waals surface area (Å²) in [5.41, 5.74) is -0.474. The molecular weight excluding hydrogens is 272 g/mol. The van der Waals surface area contributed by atoms with Crippen LogP contribution in [0, 0.1) is 0 Å². The van der Waals surface area contributed by atoms with Crippen LogP contribution in [0.5, 0.6) is 11.5 Å². The van der Waals surface area contributed by atoms with Crippen LogP contribution in [0.1, 0.15) is 32.3 Å². The number of methoxy groups -OCH3 is 1. The van der Waals surface area contributed by atoms with Gasteiger partial charge in [-0.15, -0.1) is 0 Å². The molecule has 0 aromatic heterocycles. The van der Waals surface area contributed by atoms with Crippen LogP contribution in [0.25, 0.3) is 0 Å². The van der Waals surface area contributed by atoms with Crippen molar-refractivity contribution in [2.24, 2.45) is 5.84 Å². The molecule has 0 radical (unpaired) electrons. The van der Waals surface area contributed by atoms with E-state index in [1.54, 1.807) is 19.1 Å². The maximum Gasteiger partial charge on any atom is 0.325 e. The zero-order valence-corrected chi connectivity index (χ0v) is 12.8. The van der Waals surface area contributed by atoms with E-state index in [9.17, 15) is 15.0 Å². The molecule has 1 aromatic rings. The third kappa shape index (κ3) is 4.09. The van der Waals surface area contributed by atoms with Gasteiger partial charge in [-0.25, -0.2) is 5.01 Å². The van der Waals surface area contributed by atoms with Gasteiger partial charge in [-0.2, -0.15) is 0 Å². The summed E-state index contributed by atoms with van der Waals surface area (Å²) in [6.07, 6.45) is 1.99. The van der Waals surface area contributed by atoms with Gasteiger partial charge in [0.05, 0.1) is 7.11 Å². The third-order valence-electron chi connectivity index (χ3n) is 3.64. The van der Waals surface area contributed by atoms with Crippen LogP contribution in [-0.4, -0.2) is 40.4 Å². The van der Waals surface area contributed by atoms with Crippen molar-refractivity contribution in [2.45, 2.75) is 38.6 Å². The fraction of sp³-hybridized carbons (Fsp3) is 0.533. The number of phenolic OH excluding ortho intramolecular Hbond substituents is 1. The molecule has 1 atom stereocenters. The Hall–Kier alpha value is -1.79. The number of carbonyl (C=O) groups is 1. The van der Waals surface area contributed by atoms with E-state index in [2.05, 4.69) is 0 Å². The molecule has 1 aromatic carbocycles. The zero-order valence-electron chi connectivity index (χ0n) is 12.8. The molecule has 0 bridgehead atoms. The second-order valence-corrected chi connectivity index (χ2v) is 5.31. The van der Waals surface area contributed by atoms with Crippen molar-refractivity contribution in [3.8, 4) is 11.5 Å². The number of hydrazine groups is 1. The lowest BCUT2D eigenvalue weighted by atomic mass is 9.91. The molecule has 21 heavy (non-hydrogen) atoms. The quantitative estimate of drug-likeness (QED) is 0.500. The van der Waals surface area contributed by atoms with Crippen LogP contribution in [0.4, 0.5) is 0 Å². The number of hydrogen-bond donors (Lipinski definition) is 3. The van der Waals surface area contributed by atoms with Gasteiger partial charge in [-0.05, 0) is 31.0 Å². The molecule has 0 saturated heterocycles. The van der Waals surface area contributed by atoms with Gasteiger partial charge in [0.15, 0.2) is 11.5 Å². The summed E-state index contributed by atoms with van der Waals surface area (Å²) in [5.74, 6) is 5.32. The summed E-state index contributed by atoms with van der Waals surface area (Å²) >= 11 is 0. The Labute approximate surface area is 125 Å². The number of unbranched alkanes of at least 4 members (excludes halogenated alkanes) is 1. The van der Waals surface area contributed by atoms with Gasteiger partial charge in [-0.1, -0.05) is 19.4 Å². The number of nitrogens with two attached hydrogens (primary N) is 1. The topological polar surface area (TPSA) is 96.0 Å². The highest BCUT2D eigenvalue weighted by molar-refractivity contribution is 5.78. The summed E-state index contributed by atoms with van der Waals surface area (Å²) in [7, 11) is 1.45. The van der Waals surface area contributed by atoms with Crippen molar-refractivity contribution < 1.29 is 19.7 Å². The first-order chi connectivity index (χ1) is 9.85. The molecule has 0 saturated carbocycles. The predicted molar refractivity (Wildman–Crippen MR) is 80.2 cm³/mol. The zero-order chi connectivity index (χ0) is 16.0. The number of ether oxygens (including phenoxy) is 1. The first kappa shape index (κ1) is 17.3. The summed E-state index contributed by atoms with van der Waals surface area (Å²) < 4.78 is 5.04. The van der Waals surface area contributed by atoms with Crippen LogP contribution in [0.2, 0.25) is 0 Å². The van der Waals surface area contributed by atoms with Gasteiger partial charge in [-0.3, -0.25) is 10.6 Å². The van der Waals surface area contributed by atoms with E-state index in [1.807, 2.05) is 6.92 Å². The van der Waals surface area contributed by atoms with Crippen molar-refractivity contribution >= 4 is 5.97 Å². The molecule has 0 unspecified atom stereocenters. The lowest BCUT2D eigenvalue weighted by Gasteiger charge is -2.34. The Morgan fingerprint density at radius 3 is 2.67 bits per heavy atom. The number of nitrogens with zero attached hydrogens (tertiary/aromatic N) is 1. The Morgan fingerprint density at radius 2 is 2.14 bits per heavy atom. The van der Waals surface area contributed by atoms with Crippen LogP contribution in [0.3, 0.4) is 0 Å². The molecule has 0 fully saturated rings. The van der Waals surface area contributed by atoms with Crippen molar-refractivity contribution in [2.75, 3.05) is 13.7 Å². The minimum absolute atomic E-state index is 0.0221. The maximum absolute atomic E-state index is 11.6. The Bertz CT molecular complexity index is 493. The Morgan fingerprint density at radius 1 is 1.48 bits per heavy atom. The van der Waals surface area contributed by atoms with E-state index in [4.69, 9.17) is 10.6 Å². The Kier molecular flexibility index (Phi) is 5.99. The number of benzene rings is 1. The van der Waals surface area contributed by atoms with Crippen LogP contribution in [-0.2, 0) is 11.2 Å². The van der Waals surface area contributed by atoms with Gasteiger partial charge in [0.2, 0.25) is 0 Å². The molecule has 0 amide bonds. The van der Waals surface area contributed by atoms with E-state index in [1.165, 1.54) is 18.2 Å². The SMILES string of the molecule is CCCCN(N)[C@](C)(Cc1ccc(O)c(OC)c1)C(=O)O. The molecule has 1 rings (SSSR count). The second kappa shape index (κ2) is 7.28. The van der Waals surface area contributed by atoms with Gasteiger partial charge in [0.1, 0.15) is 5.54 Å². The van der Waals surface area contributed by atoms with E-state index in [0.717, 1.165) is 18.4 Å². The fourth-order valence-corrected chi connectivity index (χ4v) is 2.10. The van der Waals surface area contributed by atoms with E-state index in [0.29, 0.717) is 12.3 Å². The highest BCUT2D eigenvalue weighted by Crippen LogP contribution is 2.29. The smallest absolute Gasteiger partial charge is 0.325 e. The average Bonchev–Trinajstić information content (AvgIpc) is 2.46. The first-order valence-electron chi connectivity index (χ1n) is 6.96. The number of rotatable bonds is 8. The van der Waals surface area contributed by atoms with Crippen LogP contribution >= 0.6 is 0 Å². The maximum atomic E-state index is 11.6. The molecule has 6 nitrogen and oxygen atoms in total. The summed E-state index contributed by atoms with van der Waals surface area (Å²) in [4.78, 5) is 11.6. The lowest BCUT2D eigenvalue weighted by molar-refractivity contribution is -0.150. The van der Waals surface area contributed by atoms with Crippen molar-refractivity contribution in [1.29, 1.82) is 0 Å². The fourth-order valence-electron chi connectivity index (χ4n) is 2.10. The molecule has 4 N–H and O–H groups in total. The van der Waals surface area contributed by atoms with Crippen LogP contribution in [0.15, 0.2) is 18.2 Å². The van der Waals surface area contributed by atoms with Gasteiger partial charge >= 0.3 is 5.97 Å². The van der Waals surface area contributed by atoms with Crippen molar-refractivity contribution in [1.82, 2.24) is 5.01 Å². The van der Waals surface area contributed by atoms with E-state index in [-0.39, 0.29) is 12.2 Å². The number of hydrogen-bond acceptors (Lipinski definition) is 5. The highest BCUT2D eigenvalue weighted by Gasteiger charge is 2.38. The van der Waals surface area contributed by atoms with Crippen molar-refractivity contribution in [3.05, 3.63) is 23.8 Å². The second-order valence-electron chi connectivity index (χ2n) is 5.31. The van der Waals surface area contributed by atoms with Crippen LogP contribution < -0.4 is 10.6 Å². The van der Waals surface area contributed by atoms with E-state index < -0.39 is 11.5 Å². The number of phenols is 1. The summed E-state index contributed by atoms with van der Waals surface area (Å²) in [5, 5.41) is 20.5. The molecular formula is C15H24N2O4. The van der Waals surface area contributed by atoms with Crippen molar-refractivity contribution in [3.63, 3.8) is 0 Å². The third-order valence-corrected chi connectivity index (χ3v) is 3.64. The number of aliphatic carboxylic acids is 1. The molecule has 0 aliphatic heterocycles. The number of carboxylic acid groups (broad SMARTS) is 1. The molecule has 118 valence electrons. The number of aromatic hydroxyl groups is 1. The molecule has 0 aliphatic rings. The standard InChI is InChI=1S/C15H24N2O4/c1-4-5-8-17(16)15(2,14(19)20)10-11-6-7-12(18)13(9-11)21-3/h6-7,9,18H,4-5,8,10,16H2,1-3H3,(H,19,20)/t15-/m1/s1. The lowest BCUT2D eigenvalue weighted by Crippen LogP contribution is -2.57. The van der Waals surface area contributed by atoms with Gasteiger partial charge in [0, 0.05) is 13.0 Å². The van der Waals surface area contributed by atoms with Gasteiger partial charge in [0.25, 0.3) is 0 Å². The minimum Gasteiger partial charge on any atom is -0.504 e. The number of carboxylic acids is 1. The molecule has 0 spiro atoms. The summed E-state index contributed by atoms with van der Waals surface area (Å²) in [6.45, 7) is 4.13. The largest absolute Gasteiger partial charge is 0.504 e. The molecule has 6 heteroatoms. The molecule has 0 heterocycles. The first-order valence-corrected chi connectivity index (χ1v) is 6.96.